The van der Waals surface area contributed by atoms with Crippen LogP contribution < -0.4 is 5.32 Å². The summed E-state index contributed by atoms with van der Waals surface area (Å²) in [6.45, 7) is 1.31. The molecule has 0 bridgehead atoms. The molecule has 1 aliphatic heterocycles. The van der Waals surface area contributed by atoms with Gasteiger partial charge in [-0.3, -0.25) is 4.79 Å². The van der Waals surface area contributed by atoms with Crippen LogP contribution in [0.3, 0.4) is 0 Å². The second kappa shape index (κ2) is 10.4. The van der Waals surface area contributed by atoms with E-state index in [0.717, 1.165) is 25.0 Å². The Hall–Kier alpha value is -0.380. The minimum absolute atomic E-state index is 0.351. The Morgan fingerprint density at radius 2 is 2.00 bits per heavy atom. The summed E-state index contributed by atoms with van der Waals surface area (Å²) >= 11 is 1.80. The molecular formula is C14H27NO6S. The van der Waals surface area contributed by atoms with E-state index >= 15 is 0 Å². The molecule has 0 aliphatic carbocycles. The molecule has 1 fully saturated rings. The van der Waals surface area contributed by atoms with Crippen molar-refractivity contribution in [2.45, 2.75) is 56.8 Å². The van der Waals surface area contributed by atoms with Crippen molar-refractivity contribution in [3.63, 3.8) is 0 Å². The van der Waals surface area contributed by atoms with Gasteiger partial charge >= 0.3 is 0 Å². The highest BCUT2D eigenvalue weighted by molar-refractivity contribution is 7.98. The Morgan fingerprint density at radius 3 is 2.59 bits per heavy atom. The minimum Gasteiger partial charge on any atom is -0.394 e. The molecule has 1 saturated heterocycles. The van der Waals surface area contributed by atoms with E-state index in [4.69, 9.17) is 9.47 Å². The van der Waals surface area contributed by atoms with Crippen LogP contribution in [0.1, 0.15) is 26.2 Å². The lowest BCUT2D eigenvalue weighted by molar-refractivity contribution is -0.270. The van der Waals surface area contributed by atoms with E-state index in [-0.39, 0.29) is 5.91 Å². The van der Waals surface area contributed by atoms with Crippen LogP contribution in [0.2, 0.25) is 0 Å². The van der Waals surface area contributed by atoms with Gasteiger partial charge in [-0.2, -0.15) is 11.8 Å². The standard InChI is InChI=1S/C14H27NO6S/c1-9(17)15-11-13(19)12(18)10(8-16)21-14(11)20-6-4-3-5-7-22-2/h10-14,16,18-19H,3-8H2,1-2H3,(H,15,17)/t10?,11?,12-,13+,14-/m1/s1. The fraction of sp³-hybridized carbons (Fsp3) is 0.929. The number of hydrogen-bond donors (Lipinski definition) is 4. The van der Waals surface area contributed by atoms with Crippen LogP contribution in [-0.4, -0.2) is 77.1 Å². The number of rotatable bonds is 9. The first-order valence-corrected chi connectivity index (χ1v) is 8.90. The van der Waals surface area contributed by atoms with Crippen LogP contribution >= 0.6 is 11.8 Å². The second-order valence-electron chi connectivity index (χ2n) is 5.36. The van der Waals surface area contributed by atoms with Crippen LogP contribution in [0.15, 0.2) is 0 Å². The van der Waals surface area contributed by atoms with Gasteiger partial charge in [0.05, 0.1) is 6.61 Å². The SMILES string of the molecule is CSCCCCCO[C@@H]1OC(CO)[C@@H](O)[C@@H](O)C1NC(C)=O. The van der Waals surface area contributed by atoms with Crippen molar-refractivity contribution >= 4 is 17.7 Å². The Morgan fingerprint density at radius 1 is 1.27 bits per heavy atom. The van der Waals surface area contributed by atoms with Gasteiger partial charge in [0.15, 0.2) is 6.29 Å². The molecule has 4 N–H and O–H groups in total. The first kappa shape index (κ1) is 19.7. The van der Waals surface area contributed by atoms with Crippen molar-refractivity contribution in [3.05, 3.63) is 0 Å². The lowest BCUT2D eigenvalue weighted by Gasteiger charge is -2.42. The van der Waals surface area contributed by atoms with E-state index in [1.54, 1.807) is 11.8 Å². The van der Waals surface area contributed by atoms with Gasteiger partial charge in [0.2, 0.25) is 5.91 Å². The average Bonchev–Trinajstić information content (AvgIpc) is 2.49. The second-order valence-corrected chi connectivity index (χ2v) is 6.34. The molecule has 2 unspecified atom stereocenters. The molecular weight excluding hydrogens is 310 g/mol. The van der Waals surface area contributed by atoms with Crippen molar-refractivity contribution in [3.8, 4) is 0 Å². The van der Waals surface area contributed by atoms with Crippen molar-refractivity contribution in [1.82, 2.24) is 5.32 Å². The number of ether oxygens (including phenoxy) is 2. The molecule has 1 aliphatic rings. The van der Waals surface area contributed by atoms with Gasteiger partial charge in [-0.15, -0.1) is 0 Å². The number of unbranched alkanes of at least 4 members (excludes halogenated alkanes) is 2. The maximum atomic E-state index is 11.2. The van der Waals surface area contributed by atoms with E-state index in [2.05, 4.69) is 11.6 Å². The van der Waals surface area contributed by atoms with Gasteiger partial charge in [0, 0.05) is 13.5 Å². The lowest BCUT2D eigenvalue weighted by Crippen LogP contribution is -2.64. The van der Waals surface area contributed by atoms with Crippen LogP contribution in [0.4, 0.5) is 0 Å². The fourth-order valence-corrected chi connectivity index (χ4v) is 2.83. The molecule has 1 amide bonds. The molecule has 7 nitrogen and oxygen atoms in total. The quantitative estimate of drug-likeness (QED) is 0.419. The summed E-state index contributed by atoms with van der Waals surface area (Å²) < 4.78 is 11.1. The maximum Gasteiger partial charge on any atom is 0.217 e. The highest BCUT2D eigenvalue weighted by atomic mass is 32.2. The molecule has 1 rings (SSSR count). The van der Waals surface area contributed by atoms with Gasteiger partial charge in [0.25, 0.3) is 0 Å². The highest BCUT2D eigenvalue weighted by Crippen LogP contribution is 2.22. The van der Waals surface area contributed by atoms with E-state index in [9.17, 15) is 20.1 Å². The van der Waals surface area contributed by atoms with Gasteiger partial charge in [-0.1, -0.05) is 6.42 Å². The van der Waals surface area contributed by atoms with Crippen molar-refractivity contribution < 1.29 is 29.6 Å². The molecule has 0 spiro atoms. The third-order valence-electron chi connectivity index (χ3n) is 3.53. The van der Waals surface area contributed by atoms with Crippen LogP contribution in [0.25, 0.3) is 0 Å². The smallest absolute Gasteiger partial charge is 0.217 e. The van der Waals surface area contributed by atoms with Gasteiger partial charge < -0.3 is 30.1 Å². The zero-order valence-electron chi connectivity index (χ0n) is 13.1. The Kier molecular flexibility index (Phi) is 9.30. The number of carbonyl (C=O) groups is 1. The molecule has 0 saturated carbocycles. The predicted octanol–water partition coefficient (Wildman–Crippen LogP) is -0.520. The predicted molar refractivity (Wildman–Crippen MR) is 83.6 cm³/mol. The van der Waals surface area contributed by atoms with Crippen LogP contribution in [-0.2, 0) is 14.3 Å². The zero-order valence-corrected chi connectivity index (χ0v) is 13.9. The van der Waals surface area contributed by atoms with E-state index in [1.165, 1.54) is 6.92 Å². The Bertz CT molecular complexity index is 332. The number of thioether (sulfide) groups is 1. The number of aliphatic hydroxyl groups is 3. The van der Waals surface area contributed by atoms with Crippen molar-refractivity contribution in [2.24, 2.45) is 0 Å². The van der Waals surface area contributed by atoms with Crippen LogP contribution in [0.5, 0.6) is 0 Å². The molecule has 22 heavy (non-hydrogen) atoms. The van der Waals surface area contributed by atoms with Gasteiger partial charge in [-0.05, 0) is 24.9 Å². The topological polar surface area (TPSA) is 108 Å². The third kappa shape index (κ3) is 6.02. The summed E-state index contributed by atoms with van der Waals surface area (Å²) in [7, 11) is 0. The largest absolute Gasteiger partial charge is 0.394 e. The fourth-order valence-electron chi connectivity index (χ4n) is 2.34. The molecule has 0 aromatic heterocycles. The summed E-state index contributed by atoms with van der Waals surface area (Å²) in [5, 5.41) is 31.7. The average molecular weight is 337 g/mol. The molecule has 1 heterocycles. The summed E-state index contributed by atoms with van der Waals surface area (Å²) in [4.78, 5) is 11.2. The monoisotopic (exact) mass is 337 g/mol. The zero-order chi connectivity index (χ0) is 16.5. The normalized spacial score (nSPS) is 32.0. The first-order valence-electron chi connectivity index (χ1n) is 7.51. The first-order chi connectivity index (χ1) is 10.5. The van der Waals surface area contributed by atoms with E-state index < -0.39 is 37.3 Å². The molecule has 130 valence electrons. The molecule has 8 heteroatoms. The number of nitrogens with one attached hydrogen (secondary N) is 1. The van der Waals surface area contributed by atoms with Crippen molar-refractivity contribution in [2.75, 3.05) is 25.2 Å². The molecule has 0 aromatic rings. The Balaban J connectivity index is 2.52. The van der Waals surface area contributed by atoms with Crippen molar-refractivity contribution in [1.29, 1.82) is 0 Å². The molecule has 5 atom stereocenters. The molecule has 0 radical (unpaired) electrons. The number of hydrogen-bond acceptors (Lipinski definition) is 7. The highest BCUT2D eigenvalue weighted by Gasteiger charge is 2.45. The lowest BCUT2D eigenvalue weighted by atomic mass is 9.97. The molecule has 0 aromatic carbocycles. The van der Waals surface area contributed by atoms with E-state index in [1.807, 2.05) is 0 Å². The Labute approximate surface area is 135 Å². The third-order valence-corrected chi connectivity index (χ3v) is 4.22. The number of aliphatic hydroxyl groups excluding tert-OH is 3. The van der Waals surface area contributed by atoms with Gasteiger partial charge in [0.1, 0.15) is 24.4 Å². The van der Waals surface area contributed by atoms with E-state index in [0.29, 0.717) is 6.61 Å². The minimum atomic E-state index is -1.27. The number of carbonyl (C=O) groups excluding carboxylic acids is 1. The van der Waals surface area contributed by atoms with Crippen LogP contribution in [0, 0.1) is 0 Å². The number of amides is 1. The summed E-state index contributed by atoms with van der Waals surface area (Å²) in [5.41, 5.74) is 0. The summed E-state index contributed by atoms with van der Waals surface area (Å²) in [5.74, 6) is 0.752. The summed E-state index contributed by atoms with van der Waals surface area (Å²) in [6.07, 6.45) is 0.682. The summed E-state index contributed by atoms with van der Waals surface area (Å²) in [6, 6.07) is -0.860. The van der Waals surface area contributed by atoms with Gasteiger partial charge in [-0.25, -0.2) is 0 Å². The maximum absolute atomic E-state index is 11.2.